The van der Waals surface area contributed by atoms with Crippen LogP contribution >= 0.6 is 22.6 Å². The molecule has 0 bridgehead atoms. The van der Waals surface area contributed by atoms with E-state index in [-0.39, 0.29) is 24.8 Å². The molecule has 0 spiro atoms. The number of carbonyl (C=O) groups excluding carboxylic acids is 1. The molecule has 3 aromatic carbocycles. The summed E-state index contributed by atoms with van der Waals surface area (Å²) in [5.74, 6) is 1.49. The van der Waals surface area contributed by atoms with Crippen molar-refractivity contribution in [1.29, 1.82) is 0 Å². The minimum absolute atomic E-state index is 0.109. The van der Waals surface area contributed by atoms with E-state index in [2.05, 4.69) is 63.7 Å². The molecule has 0 aliphatic carbocycles. The molecule has 5 aromatic rings. The molecule has 0 aliphatic heterocycles. The maximum atomic E-state index is 13.5. The van der Waals surface area contributed by atoms with Crippen molar-refractivity contribution in [3.8, 4) is 22.9 Å². The Labute approximate surface area is 262 Å². The van der Waals surface area contributed by atoms with Gasteiger partial charge < -0.3 is 23.2 Å². The van der Waals surface area contributed by atoms with Gasteiger partial charge in [-0.2, -0.15) is 5.10 Å². The molecule has 0 saturated heterocycles. The lowest BCUT2D eigenvalue weighted by molar-refractivity contribution is 0.0923. The van der Waals surface area contributed by atoms with Crippen LogP contribution in [-0.4, -0.2) is 23.8 Å². The van der Waals surface area contributed by atoms with Crippen LogP contribution in [0.5, 0.6) is 17.2 Å². The largest absolute Gasteiger partial charge is 0.493 e. The summed E-state index contributed by atoms with van der Waals surface area (Å²) in [5, 5.41) is 4.05. The highest BCUT2D eigenvalue weighted by Crippen LogP contribution is 2.34. The van der Waals surface area contributed by atoms with Crippen LogP contribution in [0.3, 0.4) is 0 Å². The Hall–Kier alpha value is -4.58. The minimum Gasteiger partial charge on any atom is -0.493 e. The number of benzene rings is 3. The number of nitrogens with zero attached hydrogens (tertiary/aromatic N) is 2. The Balaban J connectivity index is 1.14. The van der Waals surface area contributed by atoms with Gasteiger partial charge in [0.25, 0.3) is 0 Å². The Morgan fingerprint density at radius 2 is 1.74 bits per heavy atom. The summed E-state index contributed by atoms with van der Waals surface area (Å²) in [6, 6.07) is 25.0. The van der Waals surface area contributed by atoms with E-state index >= 15 is 0 Å². The van der Waals surface area contributed by atoms with Crippen molar-refractivity contribution in [1.82, 2.24) is 9.99 Å². The monoisotopic (exact) mass is 693 g/mol. The molecule has 0 atom stereocenters. The molecular formula is C33H29FIN3O5. The number of methoxy groups -OCH3 is 1. The Kier molecular flexibility index (Phi) is 9.45. The van der Waals surface area contributed by atoms with Gasteiger partial charge in [-0.1, -0.05) is 12.1 Å². The number of hydrazone groups is 1. The summed E-state index contributed by atoms with van der Waals surface area (Å²) in [7, 11) is 1.53. The lowest BCUT2D eigenvalue weighted by Gasteiger charge is -2.13. The van der Waals surface area contributed by atoms with Gasteiger partial charge in [-0.15, -0.1) is 0 Å². The fraction of sp³-hybridized carbons (Fsp3) is 0.152. The van der Waals surface area contributed by atoms with Gasteiger partial charge in [0, 0.05) is 17.1 Å². The van der Waals surface area contributed by atoms with Crippen molar-refractivity contribution < 1.29 is 27.8 Å². The number of ether oxygens (including phenoxy) is 3. The number of nitrogens with one attached hydrogen (secondary N) is 1. The number of rotatable bonds is 11. The second-order valence-electron chi connectivity index (χ2n) is 9.65. The molecule has 2 heterocycles. The first-order chi connectivity index (χ1) is 20.8. The van der Waals surface area contributed by atoms with Gasteiger partial charge in [-0.3, -0.25) is 4.79 Å². The highest BCUT2D eigenvalue weighted by atomic mass is 127. The Morgan fingerprint density at radius 1 is 0.977 bits per heavy atom. The van der Waals surface area contributed by atoms with E-state index < -0.39 is 5.91 Å². The summed E-state index contributed by atoms with van der Waals surface area (Å²) in [6.45, 7) is 4.49. The molecule has 5 rings (SSSR count). The van der Waals surface area contributed by atoms with Crippen molar-refractivity contribution >= 4 is 34.7 Å². The summed E-state index contributed by atoms with van der Waals surface area (Å²) < 4.78 is 39.3. The maximum absolute atomic E-state index is 13.5. The van der Waals surface area contributed by atoms with E-state index in [1.54, 1.807) is 30.3 Å². The zero-order chi connectivity index (χ0) is 30.3. The lowest BCUT2D eigenvalue weighted by atomic mass is 10.2. The predicted molar refractivity (Wildman–Crippen MR) is 170 cm³/mol. The second-order valence-corrected chi connectivity index (χ2v) is 10.8. The van der Waals surface area contributed by atoms with E-state index in [1.165, 1.54) is 25.5 Å². The van der Waals surface area contributed by atoms with Crippen LogP contribution in [0.1, 0.15) is 38.8 Å². The highest BCUT2D eigenvalue weighted by Gasteiger charge is 2.14. The maximum Gasteiger partial charge on any atom is 0.307 e. The fourth-order valence-corrected chi connectivity index (χ4v) is 5.24. The molecular weight excluding hydrogens is 664 g/mol. The molecule has 0 fully saturated rings. The van der Waals surface area contributed by atoms with Gasteiger partial charge >= 0.3 is 5.91 Å². The van der Waals surface area contributed by atoms with Crippen molar-refractivity contribution in [3.05, 3.63) is 128 Å². The molecule has 0 radical (unpaired) electrons. The van der Waals surface area contributed by atoms with E-state index in [0.717, 1.165) is 20.6 Å². The van der Waals surface area contributed by atoms with Gasteiger partial charge in [0.05, 0.1) is 16.9 Å². The van der Waals surface area contributed by atoms with E-state index in [1.807, 2.05) is 30.3 Å². The normalized spacial score (nSPS) is 11.1. The first-order valence-corrected chi connectivity index (χ1v) is 14.4. The summed E-state index contributed by atoms with van der Waals surface area (Å²) in [4.78, 5) is 12.6. The van der Waals surface area contributed by atoms with Crippen LogP contribution in [0.4, 0.5) is 4.39 Å². The topological polar surface area (TPSA) is 87.2 Å². The zero-order valence-corrected chi connectivity index (χ0v) is 25.9. The number of furan rings is 1. The smallest absolute Gasteiger partial charge is 0.307 e. The number of hydrogen-bond acceptors (Lipinski definition) is 6. The first-order valence-electron chi connectivity index (χ1n) is 13.4. The lowest BCUT2D eigenvalue weighted by Crippen LogP contribution is -2.16. The number of aryl methyl sites for hydroxylation is 2. The van der Waals surface area contributed by atoms with Gasteiger partial charge in [-0.25, -0.2) is 9.82 Å². The van der Waals surface area contributed by atoms with E-state index in [0.29, 0.717) is 34.1 Å². The van der Waals surface area contributed by atoms with Crippen molar-refractivity contribution in [2.45, 2.75) is 27.1 Å². The molecule has 220 valence electrons. The van der Waals surface area contributed by atoms with Crippen LogP contribution < -0.4 is 19.6 Å². The fourth-order valence-electron chi connectivity index (χ4n) is 4.46. The van der Waals surface area contributed by atoms with Gasteiger partial charge in [0.1, 0.15) is 30.5 Å². The van der Waals surface area contributed by atoms with Crippen LogP contribution in [0, 0.1) is 23.2 Å². The number of aromatic nitrogens is 1. The number of halogens is 2. The van der Waals surface area contributed by atoms with Gasteiger partial charge in [0.15, 0.2) is 17.3 Å². The average molecular weight is 694 g/mol. The summed E-state index contributed by atoms with van der Waals surface area (Å²) in [5.41, 5.74) is 7.23. The molecule has 2 aromatic heterocycles. The third kappa shape index (κ3) is 7.44. The van der Waals surface area contributed by atoms with Gasteiger partial charge in [-0.05, 0) is 120 Å². The van der Waals surface area contributed by atoms with Crippen LogP contribution in [0.25, 0.3) is 5.69 Å². The third-order valence-electron chi connectivity index (χ3n) is 6.54. The van der Waals surface area contributed by atoms with Gasteiger partial charge in [0.2, 0.25) is 0 Å². The summed E-state index contributed by atoms with van der Waals surface area (Å²) in [6.07, 6.45) is 1.49. The highest BCUT2D eigenvalue weighted by molar-refractivity contribution is 14.1. The first kappa shape index (κ1) is 29.9. The summed E-state index contributed by atoms with van der Waals surface area (Å²) >= 11 is 2.12. The number of carbonyl (C=O) groups is 1. The molecule has 43 heavy (non-hydrogen) atoms. The second kappa shape index (κ2) is 13.6. The third-order valence-corrected chi connectivity index (χ3v) is 7.34. The van der Waals surface area contributed by atoms with Crippen molar-refractivity contribution in [2.75, 3.05) is 7.11 Å². The Morgan fingerprint density at radius 3 is 2.47 bits per heavy atom. The van der Waals surface area contributed by atoms with E-state index in [4.69, 9.17) is 18.6 Å². The molecule has 8 nitrogen and oxygen atoms in total. The number of hydrogen-bond donors (Lipinski definition) is 1. The van der Waals surface area contributed by atoms with Crippen molar-refractivity contribution in [2.24, 2.45) is 5.10 Å². The minimum atomic E-state index is -0.499. The quantitative estimate of drug-likeness (QED) is 0.0888. The molecule has 10 heteroatoms. The van der Waals surface area contributed by atoms with Crippen LogP contribution in [0.15, 0.2) is 94.4 Å². The molecule has 1 N–H and O–H groups in total. The van der Waals surface area contributed by atoms with Crippen LogP contribution in [0.2, 0.25) is 0 Å². The van der Waals surface area contributed by atoms with Crippen molar-refractivity contribution in [3.63, 3.8) is 0 Å². The zero-order valence-electron chi connectivity index (χ0n) is 23.8. The van der Waals surface area contributed by atoms with Crippen LogP contribution in [-0.2, 0) is 13.2 Å². The average Bonchev–Trinajstić information content (AvgIpc) is 3.61. The Bertz CT molecular complexity index is 1740. The molecule has 0 saturated carbocycles. The standard InChI is InChI=1S/C33H29FIN3O5/c1-21-7-8-22(2)38(21)26-9-11-27(12-10-26)41-20-28-13-14-30(43-28)33(39)37-36-18-24-16-29(35)32(31(17-24)40-3)42-19-23-5-4-6-25(34)15-23/h4-18H,19-20H2,1-3H3,(H,37,39)/b36-18+. The van der Waals surface area contributed by atoms with E-state index in [9.17, 15) is 9.18 Å². The predicted octanol–water partition coefficient (Wildman–Crippen LogP) is 7.36. The molecule has 1 amide bonds. The molecule has 0 aliphatic rings. The molecule has 0 unspecified atom stereocenters. The SMILES string of the molecule is COc1cc(/C=N/NC(=O)c2ccc(COc3ccc(-n4c(C)ccc4C)cc3)o2)cc(I)c1OCc1cccc(F)c1. The number of amides is 1.